The summed E-state index contributed by atoms with van der Waals surface area (Å²) in [4.78, 5) is 20.8. The van der Waals surface area contributed by atoms with Gasteiger partial charge in [-0.1, -0.05) is 23.4 Å². The number of hydrogen-bond acceptors (Lipinski definition) is 7. The van der Waals surface area contributed by atoms with Gasteiger partial charge in [-0.2, -0.15) is 0 Å². The summed E-state index contributed by atoms with van der Waals surface area (Å²) in [6, 6.07) is 19.8. The van der Waals surface area contributed by atoms with Crippen molar-refractivity contribution in [2.75, 3.05) is 10.6 Å². The van der Waals surface area contributed by atoms with E-state index in [1.165, 1.54) is 12.3 Å². The number of amides is 1. The highest BCUT2D eigenvalue weighted by molar-refractivity contribution is 6.03. The van der Waals surface area contributed by atoms with Crippen LogP contribution in [0.4, 0.5) is 17.5 Å². The average molecular weight is 387 g/mol. The summed E-state index contributed by atoms with van der Waals surface area (Å²) in [6.45, 7) is 1.78. The maximum atomic E-state index is 12.5. The first-order chi connectivity index (χ1) is 14.2. The van der Waals surface area contributed by atoms with Crippen molar-refractivity contribution in [3.8, 4) is 11.5 Å². The van der Waals surface area contributed by atoms with Crippen LogP contribution >= 0.6 is 0 Å². The average Bonchev–Trinajstić information content (AvgIpc) is 3.15. The van der Waals surface area contributed by atoms with Crippen LogP contribution < -0.4 is 15.4 Å². The maximum absolute atomic E-state index is 12.5. The van der Waals surface area contributed by atoms with E-state index in [9.17, 15) is 4.79 Å². The molecule has 4 rings (SSSR count). The predicted molar refractivity (Wildman–Crippen MR) is 107 cm³/mol. The highest BCUT2D eigenvalue weighted by Gasteiger charge is 2.11. The second-order valence-electron chi connectivity index (χ2n) is 6.11. The number of hydrogen-bond donors (Lipinski definition) is 2. The van der Waals surface area contributed by atoms with Crippen LogP contribution in [-0.2, 0) is 0 Å². The Morgan fingerprint density at radius 1 is 1.00 bits per heavy atom. The molecule has 8 heteroatoms. The molecule has 2 aromatic heterocycles. The van der Waals surface area contributed by atoms with Crippen LogP contribution in [0, 0.1) is 6.92 Å². The number of nitrogens with zero attached hydrogens (tertiary/aromatic N) is 3. The second kappa shape index (κ2) is 8.22. The van der Waals surface area contributed by atoms with Gasteiger partial charge in [0.2, 0.25) is 5.95 Å². The monoisotopic (exact) mass is 387 g/mol. The molecule has 0 spiro atoms. The van der Waals surface area contributed by atoms with Crippen LogP contribution in [0.1, 0.15) is 16.2 Å². The second-order valence-corrected chi connectivity index (χ2v) is 6.11. The fraction of sp³-hybridized carbons (Fsp3) is 0.0476. The summed E-state index contributed by atoms with van der Waals surface area (Å²) >= 11 is 0. The quantitative estimate of drug-likeness (QED) is 0.500. The number of nitrogens with one attached hydrogen (secondary N) is 2. The molecule has 0 atom stereocenters. The van der Waals surface area contributed by atoms with Crippen LogP contribution in [-0.4, -0.2) is 21.0 Å². The van der Waals surface area contributed by atoms with Gasteiger partial charge in [0.15, 0.2) is 5.82 Å². The predicted octanol–water partition coefficient (Wildman–Crippen LogP) is 4.56. The largest absolute Gasteiger partial charge is 0.457 e. The smallest absolute Gasteiger partial charge is 0.274 e. The van der Waals surface area contributed by atoms with E-state index in [1.54, 1.807) is 37.3 Å². The highest BCUT2D eigenvalue weighted by Crippen LogP contribution is 2.23. The van der Waals surface area contributed by atoms with Crippen molar-refractivity contribution in [1.29, 1.82) is 0 Å². The molecule has 0 saturated carbocycles. The molecule has 2 aromatic carbocycles. The van der Waals surface area contributed by atoms with Gasteiger partial charge in [0.25, 0.3) is 5.91 Å². The van der Waals surface area contributed by atoms with Crippen LogP contribution in [0.25, 0.3) is 0 Å². The topological polar surface area (TPSA) is 102 Å². The van der Waals surface area contributed by atoms with Crippen LogP contribution in [0.5, 0.6) is 11.5 Å². The number of carbonyl (C=O) groups is 1. The summed E-state index contributed by atoms with van der Waals surface area (Å²) in [5.41, 5.74) is 0.836. The van der Waals surface area contributed by atoms with Crippen molar-refractivity contribution >= 4 is 23.4 Å². The van der Waals surface area contributed by atoms with E-state index >= 15 is 0 Å². The van der Waals surface area contributed by atoms with Crippen molar-refractivity contribution in [3.63, 3.8) is 0 Å². The Morgan fingerprint density at radius 2 is 1.76 bits per heavy atom. The summed E-state index contributed by atoms with van der Waals surface area (Å²) < 4.78 is 10.7. The van der Waals surface area contributed by atoms with E-state index in [1.807, 2.05) is 30.3 Å². The van der Waals surface area contributed by atoms with Crippen molar-refractivity contribution in [3.05, 3.63) is 84.4 Å². The van der Waals surface area contributed by atoms with Crippen molar-refractivity contribution in [1.82, 2.24) is 15.1 Å². The molecule has 0 radical (unpaired) electrons. The van der Waals surface area contributed by atoms with Gasteiger partial charge < -0.3 is 19.9 Å². The lowest BCUT2D eigenvalue weighted by atomic mass is 10.3. The van der Waals surface area contributed by atoms with Gasteiger partial charge in [-0.05, 0) is 49.4 Å². The number of para-hydroxylation sites is 1. The van der Waals surface area contributed by atoms with E-state index in [0.717, 1.165) is 5.75 Å². The molecule has 0 aliphatic heterocycles. The van der Waals surface area contributed by atoms with Crippen LogP contribution in [0.15, 0.2) is 77.4 Å². The van der Waals surface area contributed by atoms with Gasteiger partial charge in [0.1, 0.15) is 23.0 Å². The molecule has 2 N–H and O–H groups in total. The molecule has 0 bridgehead atoms. The zero-order valence-corrected chi connectivity index (χ0v) is 15.5. The molecule has 0 unspecified atom stereocenters. The Morgan fingerprint density at radius 3 is 2.48 bits per heavy atom. The third-order valence-electron chi connectivity index (χ3n) is 3.85. The third kappa shape index (κ3) is 4.75. The summed E-state index contributed by atoms with van der Waals surface area (Å²) in [6.07, 6.45) is 1.49. The maximum Gasteiger partial charge on any atom is 0.274 e. The number of aromatic nitrogens is 3. The normalized spacial score (nSPS) is 10.4. The Labute approximate surface area is 166 Å². The first-order valence-electron chi connectivity index (χ1n) is 8.83. The number of carbonyl (C=O) groups excluding carboxylic acids is 1. The molecule has 0 fully saturated rings. The minimum absolute atomic E-state index is 0.215. The van der Waals surface area contributed by atoms with E-state index in [2.05, 4.69) is 25.8 Å². The summed E-state index contributed by atoms with van der Waals surface area (Å²) in [7, 11) is 0. The number of ether oxygens (including phenoxy) is 1. The molecule has 0 aliphatic carbocycles. The Hall–Kier alpha value is -4.20. The van der Waals surface area contributed by atoms with E-state index in [4.69, 9.17) is 9.26 Å². The number of benzene rings is 2. The zero-order chi connectivity index (χ0) is 20.1. The van der Waals surface area contributed by atoms with E-state index in [-0.39, 0.29) is 17.5 Å². The molecule has 0 aliphatic rings. The van der Waals surface area contributed by atoms with Gasteiger partial charge in [0.05, 0.1) is 0 Å². The zero-order valence-electron chi connectivity index (χ0n) is 15.5. The first-order valence-corrected chi connectivity index (χ1v) is 8.83. The van der Waals surface area contributed by atoms with E-state index in [0.29, 0.717) is 23.0 Å². The van der Waals surface area contributed by atoms with Crippen molar-refractivity contribution < 1.29 is 14.1 Å². The van der Waals surface area contributed by atoms with Crippen molar-refractivity contribution in [2.45, 2.75) is 6.92 Å². The van der Waals surface area contributed by atoms with Gasteiger partial charge >= 0.3 is 0 Å². The third-order valence-corrected chi connectivity index (χ3v) is 3.85. The van der Waals surface area contributed by atoms with Crippen molar-refractivity contribution in [2.24, 2.45) is 0 Å². The molecule has 0 saturated heterocycles. The molecule has 8 nitrogen and oxygen atoms in total. The standard InChI is InChI=1S/C21H17N5O3/c1-14-13-19(26-29-14)25-21-22-12-11-18(24-21)20(27)23-15-7-9-17(10-8-15)28-16-5-3-2-4-6-16/h2-13H,1H3,(H,23,27)(H,22,24,25,26). The fourth-order valence-electron chi connectivity index (χ4n) is 2.51. The van der Waals surface area contributed by atoms with Gasteiger partial charge in [-0.3, -0.25) is 4.79 Å². The summed E-state index contributed by atoms with van der Waals surface area (Å²) in [5, 5.41) is 9.50. The number of aryl methyl sites for hydroxylation is 1. The molecule has 2 heterocycles. The molecule has 29 heavy (non-hydrogen) atoms. The Kier molecular flexibility index (Phi) is 5.15. The Balaban J connectivity index is 1.40. The lowest BCUT2D eigenvalue weighted by Crippen LogP contribution is -2.14. The Bertz CT molecular complexity index is 1110. The first kappa shape index (κ1) is 18.2. The number of rotatable bonds is 6. The fourth-order valence-corrected chi connectivity index (χ4v) is 2.51. The molecular weight excluding hydrogens is 370 g/mol. The molecule has 1 amide bonds. The molecule has 4 aromatic rings. The minimum atomic E-state index is -0.358. The molecular formula is C21H17N5O3. The lowest BCUT2D eigenvalue weighted by molar-refractivity contribution is 0.102. The van der Waals surface area contributed by atoms with Gasteiger partial charge in [-0.25, -0.2) is 9.97 Å². The number of anilines is 3. The van der Waals surface area contributed by atoms with Crippen LogP contribution in [0.2, 0.25) is 0 Å². The summed E-state index contributed by atoms with van der Waals surface area (Å²) in [5.74, 6) is 2.43. The van der Waals surface area contributed by atoms with E-state index < -0.39 is 0 Å². The van der Waals surface area contributed by atoms with Crippen LogP contribution in [0.3, 0.4) is 0 Å². The minimum Gasteiger partial charge on any atom is -0.457 e. The SMILES string of the molecule is Cc1cc(Nc2nccc(C(=O)Nc3ccc(Oc4ccccc4)cc3)n2)no1. The lowest BCUT2D eigenvalue weighted by Gasteiger charge is -2.08. The highest BCUT2D eigenvalue weighted by atomic mass is 16.5. The van der Waals surface area contributed by atoms with Gasteiger partial charge in [-0.15, -0.1) is 0 Å². The molecule has 144 valence electrons. The van der Waals surface area contributed by atoms with Gasteiger partial charge in [0, 0.05) is 18.0 Å².